The second-order valence-corrected chi connectivity index (χ2v) is 4.42. The number of aromatic amines is 1. The van der Waals surface area contributed by atoms with Crippen LogP contribution in [0.15, 0.2) is 10.7 Å². The summed E-state index contributed by atoms with van der Waals surface area (Å²) in [6, 6.07) is 0.146. The van der Waals surface area contributed by atoms with Crippen LogP contribution in [-0.2, 0) is 0 Å². The molecule has 0 spiro atoms. The Morgan fingerprint density at radius 1 is 1.61 bits per heavy atom. The van der Waals surface area contributed by atoms with Gasteiger partial charge in [0.05, 0.1) is 17.1 Å². The van der Waals surface area contributed by atoms with Gasteiger partial charge in [-0.3, -0.25) is 15.2 Å². The van der Waals surface area contributed by atoms with Crippen molar-refractivity contribution < 1.29 is 9.21 Å². The van der Waals surface area contributed by atoms with Crippen LogP contribution in [0.4, 0.5) is 11.7 Å². The maximum absolute atomic E-state index is 11.9. The summed E-state index contributed by atoms with van der Waals surface area (Å²) in [5.74, 6) is 0.000493. The number of oxazole rings is 1. The lowest BCUT2D eigenvalue weighted by Crippen LogP contribution is -2.14. The molecule has 1 aliphatic carbocycles. The highest BCUT2D eigenvalue weighted by Gasteiger charge is 2.30. The molecular formula is C11H13N5O2. The third kappa shape index (κ3) is 1.83. The average molecular weight is 247 g/mol. The van der Waals surface area contributed by atoms with Crippen LogP contribution in [0, 0.1) is 6.92 Å². The molecule has 7 nitrogen and oxygen atoms in total. The molecule has 0 saturated heterocycles. The normalized spacial score (nSPS) is 14.7. The summed E-state index contributed by atoms with van der Waals surface area (Å²) in [7, 11) is 0. The molecule has 4 N–H and O–H groups in total. The largest absolute Gasteiger partial charge is 0.432 e. The number of hydrogen-bond acceptors (Lipinski definition) is 5. The van der Waals surface area contributed by atoms with Crippen LogP contribution in [0.3, 0.4) is 0 Å². The Hall–Kier alpha value is -2.31. The van der Waals surface area contributed by atoms with Crippen LogP contribution in [0.1, 0.15) is 40.6 Å². The standard InChI is InChI=1S/C11H13N5O2/c1-5-4-18-11(13-5)14-10(17)9-7(12)8(15-16-9)6-2-3-6/h4,6H,2-3,12H2,1H3,(H,15,16)(H,13,14,17). The van der Waals surface area contributed by atoms with Gasteiger partial charge in [0.2, 0.25) is 0 Å². The summed E-state index contributed by atoms with van der Waals surface area (Å²) in [6.07, 6.45) is 3.64. The number of nitrogens with zero attached hydrogens (tertiary/aromatic N) is 2. The van der Waals surface area contributed by atoms with Crippen molar-refractivity contribution in [3.05, 3.63) is 23.3 Å². The Morgan fingerprint density at radius 3 is 3.00 bits per heavy atom. The molecule has 2 aromatic heterocycles. The highest BCUT2D eigenvalue weighted by Crippen LogP contribution is 2.42. The van der Waals surface area contributed by atoms with Gasteiger partial charge in [-0.1, -0.05) is 0 Å². The molecule has 1 aliphatic rings. The van der Waals surface area contributed by atoms with Crippen molar-refractivity contribution in [1.82, 2.24) is 15.2 Å². The molecular weight excluding hydrogens is 234 g/mol. The zero-order valence-electron chi connectivity index (χ0n) is 9.86. The van der Waals surface area contributed by atoms with Crippen LogP contribution >= 0.6 is 0 Å². The third-order valence-electron chi connectivity index (χ3n) is 2.87. The van der Waals surface area contributed by atoms with E-state index < -0.39 is 5.91 Å². The predicted octanol–water partition coefficient (Wildman–Crippen LogP) is 1.42. The van der Waals surface area contributed by atoms with Gasteiger partial charge < -0.3 is 10.2 Å². The van der Waals surface area contributed by atoms with E-state index in [1.54, 1.807) is 6.92 Å². The molecule has 1 saturated carbocycles. The zero-order chi connectivity index (χ0) is 12.7. The first-order valence-corrected chi connectivity index (χ1v) is 5.72. The van der Waals surface area contributed by atoms with Crippen LogP contribution in [0.2, 0.25) is 0 Å². The fraction of sp³-hybridized carbons (Fsp3) is 0.364. The van der Waals surface area contributed by atoms with E-state index in [1.807, 2.05) is 0 Å². The van der Waals surface area contributed by atoms with Gasteiger partial charge in [-0.15, -0.1) is 0 Å². The second kappa shape index (κ2) is 3.86. The molecule has 18 heavy (non-hydrogen) atoms. The Labute approximate surface area is 103 Å². The van der Waals surface area contributed by atoms with Gasteiger partial charge in [0.25, 0.3) is 5.91 Å². The molecule has 0 atom stereocenters. The number of aromatic nitrogens is 3. The third-order valence-corrected chi connectivity index (χ3v) is 2.87. The van der Waals surface area contributed by atoms with Crippen LogP contribution in [0.25, 0.3) is 0 Å². The van der Waals surface area contributed by atoms with E-state index in [4.69, 9.17) is 10.2 Å². The Balaban J connectivity index is 1.79. The molecule has 2 aromatic rings. The van der Waals surface area contributed by atoms with E-state index in [2.05, 4.69) is 20.5 Å². The summed E-state index contributed by atoms with van der Waals surface area (Å²) >= 11 is 0. The first kappa shape index (κ1) is 10.8. The first-order valence-electron chi connectivity index (χ1n) is 5.72. The van der Waals surface area contributed by atoms with Gasteiger partial charge in [0.1, 0.15) is 6.26 Å². The van der Waals surface area contributed by atoms with E-state index >= 15 is 0 Å². The highest BCUT2D eigenvalue weighted by atomic mass is 16.4. The summed E-state index contributed by atoms with van der Waals surface area (Å²) in [5, 5.41) is 9.28. The van der Waals surface area contributed by atoms with Crippen molar-refractivity contribution in [2.75, 3.05) is 11.1 Å². The van der Waals surface area contributed by atoms with Gasteiger partial charge in [-0.05, 0) is 19.8 Å². The van der Waals surface area contributed by atoms with E-state index in [1.165, 1.54) is 6.26 Å². The highest BCUT2D eigenvalue weighted by molar-refractivity contribution is 6.05. The fourth-order valence-electron chi connectivity index (χ4n) is 1.79. The Kier molecular flexibility index (Phi) is 2.32. The maximum atomic E-state index is 11.9. The molecule has 3 rings (SSSR count). The molecule has 0 bridgehead atoms. The first-order chi connectivity index (χ1) is 8.65. The quantitative estimate of drug-likeness (QED) is 0.759. The lowest BCUT2D eigenvalue weighted by atomic mass is 10.2. The van der Waals surface area contributed by atoms with Gasteiger partial charge in [-0.2, -0.15) is 10.1 Å². The summed E-state index contributed by atoms with van der Waals surface area (Å²) < 4.78 is 5.04. The Morgan fingerprint density at radius 2 is 2.39 bits per heavy atom. The second-order valence-electron chi connectivity index (χ2n) is 4.42. The molecule has 94 valence electrons. The maximum Gasteiger partial charge on any atom is 0.301 e. The van der Waals surface area contributed by atoms with Gasteiger partial charge in [-0.25, -0.2) is 0 Å². The lowest BCUT2D eigenvalue weighted by molar-refractivity contribution is 0.102. The van der Waals surface area contributed by atoms with Crippen molar-refractivity contribution in [2.45, 2.75) is 25.7 Å². The van der Waals surface area contributed by atoms with Crippen molar-refractivity contribution in [1.29, 1.82) is 0 Å². The van der Waals surface area contributed by atoms with Crippen molar-refractivity contribution in [3.63, 3.8) is 0 Å². The average Bonchev–Trinajstić information content (AvgIpc) is 2.98. The number of carbonyl (C=O) groups excluding carboxylic acids is 1. The van der Waals surface area contributed by atoms with E-state index in [0.717, 1.165) is 18.5 Å². The minimum Gasteiger partial charge on any atom is -0.432 e. The van der Waals surface area contributed by atoms with Gasteiger partial charge >= 0.3 is 6.01 Å². The van der Waals surface area contributed by atoms with E-state index in [0.29, 0.717) is 17.3 Å². The number of aryl methyl sites for hydroxylation is 1. The van der Waals surface area contributed by atoms with Gasteiger partial charge in [0.15, 0.2) is 5.69 Å². The number of hydrogen-bond donors (Lipinski definition) is 3. The molecule has 0 radical (unpaired) electrons. The fourth-order valence-corrected chi connectivity index (χ4v) is 1.79. The molecule has 0 aliphatic heterocycles. The Bertz CT molecular complexity index is 596. The van der Waals surface area contributed by atoms with Crippen molar-refractivity contribution >= 4 is 17.6 Å². The van der Waals surface area contributed by atoms with E-state index in [9.17, 15) is 4.79 Å². The topological polar surface area (TPSA) is 110 Å². The number of nitrogens with two attached hydrogens (primary N) is 1. The SMILES string of the molecule is Cc1coc(NC(=O)c2n[nH]c(C3CC3)c2N)n1. The van der Waals surface area contributed by atoms with Crippen LogP contribution < -0.4 is 11.1 Å². The number of rotatable bonds is 3. The number of anilines is 2. The van der Waals surface area contributed by atoms with Crippen molar-refractivity contribution in [3.8, 4) is 0 Å². The van der Waals surface area contributed by atoms with Crippen LogP contribution in [0.5, 0.6) is 0 Å². The van der Waals surface area contributed by atoms with Crippen LogP contribution in [-0.4, -0.2) is 21.1 Å². The number of H-pyrrole nitrogens is 1. The number of amides is 1. The molecule has 0 aromatic carbocycles. The summed E-state index contributed by atoms with van der Waals surface area (Å²) in [5.41, 5.74) is 8.05. The zero-order valence-corrected chi connectivity index (χ0v) is 9.86. The number of carbonyl (C=O) groups is 1. The van der Waals surface area contributed by atoms with Gasteiger partial charge in [0, 0.05) is 5.92 Å². The molecule has 7 heteroatoms. The molecule has 2 heterocycles. The summed E-state index contributed by atoms with van der Waals surface area (Å²) in [6.45, 7) is 1.77. The predicted molar refractivity (Wildman–Crippen MR) is 64.2 cm³/mol. The lowest BCUT2D eigenvalue weighted by Gasteiger charge is -1.99. The minimum absolute atomic E-state index is 0.146. The van der Waals surface area contributed by atoms with Crippen molar-refractivity contribution in [2.24, 2.45) is 0 Å². The summed E-state index contributed by atoms with van der Waals surface area (Å²) in [4.78, 5) is 15.9. The van der Waals surface area contributed by atoms with E-state index in [-0.39, 0.29) is 11.7 Å². The smallest absolute Gasteiger partial charge is 0.301 e. The molecule has 1 fully saturated rings. The number of nitrogens with one attached hydrogen (secondary N) is 2. The molecule has 0 unspecified atom stereocenters. The monoisotopic (exact) mass is 247 g/mol. The molecule has 1 amide bonds. The minimum atomic E-state index is -0.419. The number of nitrogen functional groups attached to an aromatic ring is 1.